The first-order valence-electron chi connectivity index (χ1n) is 12.4. The molecule has 0 aliphatic heterocycles. The van der Waals surface area contributed by atoms with E-state index in [2.05, 4.69) is 12.2 Å². The summed E-state index contributed by atoms with van der Waals surface area (Å²) >= 11 is 0. The normalized spacial score (nSPS) is 9.92. The van der Waals surface area contributed by atoms with Crippen LogP contribution in [0.4, 0.5) is 5.69 Å². The van der Waals surface area contributed by atoms with Gasteiger partial charge in [0.25, 0.3) is 0 Å². The molecule has 186 valence electrons. The van der Waals surface area contributed by atoms with Crippen LogP contribution >= 0.6 is 0 Å². The largest absolute Gasteiger partial charge is 1.00 e. The van der Waals surface area contributed by atoms with E-state index in [1.54, 1.807) is 0 Å². The van der Waals surface area contributed by atoms with Gasteiger partial charge < -0.3 is 35.0 Å². The van der Waals surface area contributed by atoms with Crippen molar-refractivity contribution in [3.8, 4) is 0 Å². The number of carbonyl (C=O) groups is 3. The maximum absolute atomic E-state index is 11.2. The molecule has 36 heavy (non-hydrogen) atoms. The van der Waals surface area contributed by atoms with E-state index in [0.717, 1.165) is 31.4 Å². The molecule has 0 unspecified atom stereocenters. The van der Waals surface area contributed by atoms with Gasteiger partial charge in [-0.05, 0) is 18.6 Å². The molecule has 0 fully saturated rings. The van der Waals surface area contributed by atoms with Crippen molar-refractivity contribution >= 4 is 23.6 Å². The second kappa shape index (κ2) is 25.7. The van der Waals surface area contributed by atoms with Crippen LogP contribution in [0.15, 0.2) is 12.1 Å². The molecule has 0 aliphatic rings. The van der Waals surface area contributed by atoms with E-state index >= 15 is 0 Å². The number of anilines is 1. The molecule has 0 radical (unpaired) electrons. The fraction of sp³-hybridized carbons (Fsp3) is 0.654. The monoisotopic (exact) mass is 529 g/mol. The number of carbonyl (C=O) groups excluding carboxylic acids is 3. The third-order valence-electron chi connectivity index (χ3n) is 5.89. The Bertz CT molecular complexity index is 726. The number of benzene rings is 1. The molecule has 0 aliphatic carbocycles. The smallest absolute Gasteiger partial charge is 0.545 e. The fourth-order valence-electron chi connectivity index (χ4n) is 4.02. The molecule has 10 heteroatoms. The van der Waals surface area contributed by atoms with Gasteiger partial charge in [-0.3, -0.25) is 0 Å². The number of nitrogens with one attached hydrogen (secondary N) is 1. The minimum Gasteiger partial charge on any atom is -0.545 e. The van der Waals surface area contributed by atoms with Crippen LogP contribution in [-0.4, -0.2) is 24.5 Å². The first-order valence-corrected chi connectivity index (χ1v) is 12.4. The third-order valence-corrected chi connectivity index (χ3v) is 5.89. The van der Waals surface area contributed by atoms with Gasteiger partial charge in [-0.25, -0.2) is 0 Å². The van der Waals surface area contributed by atoms with Crippen LogP contribution in [0.3, 0.4) is 0 Å². The molecule has 0 atom stereocenters. The molecule has 0 spiro atoms. The summed E-state index contributed by atoms with van der Waals surface area (Å²) in [4.78, 5) is 33.6. The first kappa shape index (κ1) is 40.9. The van der Waals surface area contributed by atoms with Crippen LogP contribution in [0, 0.1) is 0 Å². The predicted octanol–water partition coefficient (Wildman–Crippen LogP) is -5.93. The second-order valence-corrected chi connectivity index (χ2v) is 8.69. The Morgan fingerprint density at radius 3 is 1.22 bits per heavy atom. The maximum Gasteiger partial charge on any atom is 1.00 e. The van der Waals surface area contributed by atoms with E-state index < -0.39 is 34.6 Å². The Morgan fingerprint density at radius 1 is 0.583 bits per heavy atom. The average Bonchev–Trinajstić information content (AvgIpc) is 2.77. The van der Waals surface area contributed by atoms with E-state index in [-0.39, 0.29) is 94.4 Å². The number of rotatable bonds is 20. The quantitative estimate of drug-likeness (QED) is 0.131. The van der Waals surface area contributed by atoms with Crippen molar-refractivity contribution in [3.63, 3.8) is 0 Å². The van der Waals surface area contributed by atoms with Gasteiger partial charge >= 0.3 is 88.7 Å². The number of carboxylic acid groups (broad SMARTS) is 3. The second-order valence-electron chi connectivity index (χ2n) is 8.69. The SMILES string of the molecule is CCCCCCCCCCCCCCCCCNc1cc(C(=O)[O-])c(C(=O)[O-])c(C(=O)[O-])c1.[Na+].[Na+].[Na+]. The Hall–Kier alpha value is 0.430. The summed E-state index contributed by atoms with van der Waals surface area (Å²) in [6.45, 7) is 2.76. The summed E-state index contributed by atoms with van der Waals surface area (Å²) in [5.74, 6) is -5.47. The van der Waals surface area contributed by atoms with Gasteiger partial charge in [-0.15, -0.1) is 0 Å². The van der Waals surface area contributed by atoms with Crippen molar-refractivity contribution in [2.75, 3.05) is 11.9 Å². The molecule has 0 heterocycles. The van der Waals surface area contributed by atoms with Crippen molar-refractivity contribution in [3.05, 3.63) is 28.8 Å². The van der Waals surface area contributed by atoms with E-state index in [4.69, 9.17) is 0 Å². The molecule has 1 aromatic rings. The van der Waals surface area contributed by atoms with Gasteiger partial charge in [0.15, 0.2) is 0 Å². The molecule has 1 aromatic carbocycles. The van der Waals surface area contributed by atoms with Gasteiger partial charge in [0.05, 0.1) is 17.9 Å². The summed E-state index contributed by atoms with van der Waals surface area (Å²) in [5.41, 5.74) is -2.22. The molecule has 0 bridgehead atoms. The van der Waals surface area contributed by atoms with Crippen LogP contribution in [0.1, 0.15) is 134 Å². The van der Waals surface area contributed by atoms with Crippen LogP contribution in [0.25, 0.3) is 0 Å². The standard InChI is InChI=1S/C26H41NO6.3Na/c1-2-3-4-5-6-7-8-9-10-11-12-13-14-15-16-17-27-20-18-21(24(28)29)23(26(32)33)22(19-20)25(30)31;;;/h18-19,27H,2-17H2,1H3,(H,28,29)(H,30,31)(H,32,33);;;/q;3*+1/p-3. The van der Waals surface area contributed by atoms with Crippen molar-refractivity contribution in [2.24, 2.45) is 0 Å². The molecular formula is C26H38NNa3O6. The van der Waals surface area contributed by atoms with Crippen molar-refractivity contribution in [1.82, 2.24) is 0 Å². The Balaban J connectivity index is -0.00000363. The number of hydrogen-bond acceptors (Lipinski definition) is 7. The van der Waals surface area contributed by atoms with Crippen molar-refractivity contribution in [2.45, 2.75) is 103 Å². The van der Waals surface area contributed by atoms with Gasteiger partial charge in [0, 0.05) is 28.9 Å². The van der Waals surface area contributed by atoms with Gasteiger partial charge in [-0.1, -0.05) is 96.8 Å². The summed E-state index contributed by atoms with van der Waals surface area (Å²) in [6, 6.07) is 2.11. The summed E-state index contributed by atoms with van der Waals surface area (Å²) in [6.07, 6.45) is 18.8. The zero-order valence-electron chi connectivity index (χ0n) is 22.9. The summed E-state index contributed by atoms with van der Waals surface area (Å²) < 4.78 is 0. The summed E-state index contributed by atoms with van der Waals surface area (Å²) in [7, 11) is 0. The Kier molecular flexibility index (Phi) is 29.2. The number of unbranched alkanes of at least 4 members (excludes halogenated alkanes) is 14. The van der Waals surface area contributed by atoms with Gasteiger partial charge in [0.1, 0.15) is 0 Å². The zero-order chi connectivity index (χ0) is 24.5. The van der Waals surface area contributed by atoms with Crippen molar-refractivity contribution < 1.29 is 118 Å². The zero-order valence-corrected chi connectivity index (χ0v) is 28.9. The molecular weight excluding hydrogens is 491 g/mol. The third kappa shape index (κ3) is 17.8. The van der Waals surface area contributed by atoms with Gasteiger partial charge in [-0.2, -0.15) is 0 Å². The average molecular weight is 530 g/mol. The van der Waals surface area contributed by atoms with E-state index in [9.17, 15) is 29.7 Å². The van der Waals surface area contributed by atoms with E-state index in [0.29, 0.717) is 6.54 Å². The molecule has 7 nitrogen and oxygen atoms in total. The van der Waals surface area contributed by atoms with E-state index in [1.165, 1.54) is 77.0 Å². The van der Waals surface area contributed by atoms with Crippen LogP contribution < -0.4 is 109 Å². The maximum atomic E-state index is 11.2. The molecule has 0 aromatic heterocycles. The van der Waals surface area contributed by atoms with Gasteiger partial charge in [0.2, 0.25) is 0 Å². The minimum absolute atomic E-state index is 0. The first-order chi connectivity index (χ1) is 15.9. The summed E-state index contributed by atoms with van der Waals surface area (Å²) in [5, 5.41) is 36.6. The van der Waals surface area contributed by atoms with E-state index in [1.807, 2.05) is 0 Å². The Morgan fingerprint density at radius 2 is 0.917 bits per heavy atom. The number of carboxylic acids is 3. The predicted molar refractivity (Wildman–Crippen MR) is 123 cm³/mol. The topological polar surface area (TPSA) is 132 Å². The molecule has 1 N–H and O–H groups in total. The molecule has 0 saturated carbocycles. The fourth-order valence-corrected chi connectivity index (χ4v) is 4.02. The number of hydrogen-bond donors (Lipinski definition) is 1. The van der Waals surface area contributed by atoms with Crippen LogP contribution in [0.5, 0.6) is 0 Å². The van der Waals surface area contributed by atoms with Crippen LogP contribution in [-0.2, 0) is 0 Å². The minimum atomic E-state index is -1.90. The Labute approximate surface area is 282 Å². The van der Waals surface area contributed by atoms with Crippen LogP contribution in [0.2, 0.25) is 0 Å². The van der Waals surface area contributed by atoms with Crippen molar-refractivity contribution in [1.29, 1.82) is 0 Å². The molecule has 0 amide bonds. The molecule has 0 saturated heterocycles. The number of aromatic carboxylic acids is 3. The molecule has 1 rings (SSSR count).